The monoisotopic (exact) mass is 835 g/mol. The summed E-state index contributed by atoms with van der Waals surface area (Å²) >= 11 is 6.17. The molecule has 288 valence electrons. The summed E-state index contributed by atoms with van der Waals surface area (Å²) in [6, 6.07) is 15.2. The van der Waals surface area contributed by atoms with Gasteiger partial charge in [-0.05, 0) is 45.8 Å². The van der Waals surface area contributed by atoms with Gasteiger partial charge in [0.15, 0.2) is 17.0 Å². The second-order valence-corrected chi connectivity index (χ2v) is 14.1. The number of nitrogens with one attached hydrogen (secondary N) is 2. The predicted octanol–water partition coefficient (Wildman–Crippen LogP) is 4.21. The minimum absolute atomic E-state index is 0.0208. The molecule has 7 aromatic rings. The van der Waals surface area contributed by atoms with Crippen LogP contribution in [0.1, 0.15) is 40.5 Å². The summed E-state index contributed by atoms with van der Waals surface area (Å²) < 4.78 is 2.35. The lowest BCUT2D eigenvalue weighted by Gasteiger charge is -2.01. The molecular formula is C32H29N13O7S4. The molecule has 0 aliphatic rings. The van der Waals surface area contributed by atoms with Gasteiger partial charge in [-0.25, -0.2) is 44.3 Å². The molecule has 0 atom stereocenters. The Morgan fingerprint density at radius 2 is 1.36 bits per heavy atom. The number of nitrogens with zero attached hydrogens (tertiary/aromatic N) is 9. The van der Waals surface area contributed by atoms with Gasteiger partial charge >= 0.3 is 11.7 Å². The highest BCUT2D eigenvalue weighted by Crippen LogP contribution is 2.12. The maximum Gasteiger partial charge on any atom is 0.353 e. The summed E-state index contributed by atoms with van der Waals surface area (Å²) in [4.78, 5) is 83.7. The average molecular weight is 836 g/mol. The van der Waals surface area contributed by atoms with Crippen LogP contribution in [0.3, 0.4) is 0 Å². The largest absolute Gasteiger partial charge is 0.481 e. The second kappa shape index (κ2) is 23.7. The minimum Gasteiger partial charge on any atom is -0.481 e. The highest BCUT2D eigenvalue weighted by atomic mass is 32.1. The summed E-state index contributed by atoms with van der Waals surface area (Å²) in [5.74, 6) is -2.15. The molecule has 24 heteroatoms. The summed E-state index contributed by atoms with van der Waals surface area (Å²) in [5, 5.41) is 26.6. The van der Waals surface area contributed by atoms with Crippen LogP contribution >= 0.6 is 45.3 Å². The third kappa shape index (κ3) is 14.5. The number of primary amides is 2. The molecule has 20 nitrogen and oxygen atoms in total. The molecule has 0 saturated heterocycles. The van der Waals surface area contributed by atoms with Gasteiger partial charge < -0.3 is 21.6 Å². The Hall–Kier alpha value is -6.94. The van der Waals surface area contributed by atoms with E-state index >= 15 is 0 Å². The van der Waals surface area contributed by atoms with Gasteiger partial charge in [-0.15, -0.1) is 55.6 Å². The first kappa shape index (κ1) is 43.5. The first-order valence-electron chi connectivity index (χ1n) is 15.3. The van der Waals surface area contributed by atoms with Crippen LogP contribution in [0.4, 0.5) is 5.82 Å². The molecule has 0 spiro atoms. The van der Waals surface area contributed by atoms with E-state index in [1.807, 2.05) is 70.1 Å². The van der Waals surface area contributed by atoms with E-state index in [2.05, 4.69) is 40.4 Å². The third-order valence-electron chi connectivity index (χ3n) is 6.17. The summed E-state index contributed by atoms with van der Waals surface area (Å²) in [6.07, 6.45) is 5.60. The maximum absolute atomic E-state index is 12.1. The number of rotatable bonds is 11. The van der Waals surface area contributed by atoms with Gasteiger partial charge in [0.1, 0.15) is 6.33 Å². The normalized spacial score (nSPS) is 9.57. The van der Waals surface area contributed by atoms with Gasteiger partial charge in [0, 0.05) is 19.5 Å². The molecular weight excluding hydrogens is 807 g/mol. The fourth-order valence-electron chi connectivity index (χ4n) is 3.80. The van der Waals surface area contributed by atoms with Gasteiger partial charge in [0.2, 0.25) is 18.0 Å². The van der Waals surface area contributed by atoms with Crippen LogP contribution < -0.4 is 17.2 Å². The number of hydrogen-bond donors (Lipinski definition) is 5. The number of thiophene rings is 4. The zero-order chi connectivity index (χ0) is 40.7. The first-order valence-corrected chi connectivity index (χ1v) is 18.8. The van der Waals surface area contributed by atoms with E-state index < -0.39 is 23.5 Å². The number of amides is 2. The van der Waals surface area contributed by atoms with E-state index in [-0.39, 0.29) is 29.3 Å². The zero-order valence-electron chi connectivity index (χ0n) is 28.6. The van der Waals surface area contributed by atoms with Crippen molar-refractivity contribution in [3.05, 3.63) is 124 Å². The SMILES string of the molecule is N=Nc1nc[nH]c1C(N)=O.NC(=O)c1ncn2c(=O)n(Cc3cccs3)nnc12.O=C(O)Cc1cccs1.O=C=NCc1cccs1.O=C=NCc1cccs1. The Kier molecular flexibility index (Phi) is 18.4. The molecule has 56 heavy (non-hydrogen) atoms. The van der Waals surface area contributed by atoms with Gasteiger partial charge in [-0.2, -0.15) is 4.68 Å². The summed E-state index contributed by atoms with van der Waals surface area (Å²) in [7, 11) is 0. The molecule has 0 saturated carbocycles. The van der Waals surface area contributed by atoms with E-state index in [4.69, 9.17) is 22.1 Å². The van der Waals surface area contributed by atoms with E-state index in [9.17, 15) is 28.8 Å². The van der Waals surface area contributed by atoms with Crippen LogP contribution in [0.5, 0.6) is 0 Å². The number of hydrogen-bond acceptors (Lipinski definition) is 18. The lowest BCUT2D eigenvalue weighted by Crippen LogP contribution is -2.30. The highest BCUT2D eigenvalue weighted by molar-refractivity contribution is 7.10. The van der Waals surface area contributed by atoms with Crippen molar-refractivity contribution in [1.29, 1.82) is 5.53 Å². The molecule has 0 aliphatic carbocycles. The van der Waals surface area contributed by atoms with Gasteiger partial charge in [-0.3, -0.25) is 14.4 Å². The van der Waals surface area contributed by atoms with Crippen LogP contribution in [0.15, 0.2) is 103 Å². The average Bonchev–Trinajstić information content (AvgIpc) is 4.04. The Morgan fingerprint density at radius 1 is 0.821 bits per heavy atom. The number of aromatic amines is 1. The lowest BCUT2D eigenvalue weighted by molar-refractivity contribution is -0.136. The van der Waals surface area contributed by atoms with Gasteiger partial charge in [-0.1, -0.05) is 29.5 Å². The number of carboxylic acids is 1. The molecule has 0 radical (unpaired) electrons. The number of imidazole rings is 2. The Labute approximate surface area is 331 Å². The number of aliphatic imine (C=N–C) groups is 2. The molecule has 7 aromatic heterocycles. The fourth-order valence-corrected chi connectivity index (χ4v) is 6.44. The van der Waals surface area contributed by atoms with Crippen molar-refractivity contribution in [3.8, 4) is 0 Å². The van der Waals surface area contributed by atoms with Crippen LogP contribution in [0.2, 0.25) is 0 Å². The number of aromatic nitrogens is 7. The number of carbonyl (C=O) groups excluding carboxylic acids is 4. The topological polar surface area (TPSA) is 312 Å². The molecule has 0 fully saturated rings. The zero-order valence-corrected chi connectivity index (χ0v) is 31.9. The van der Waals surface area contributed by atoms with Gasteiger partial charge in [0.25, 0.3) is 11.8 Å². The number of H-pyrrole nitrogens is 1. The minimum atomic E-state index is -0.766. The number of isocyanates is 2. The van der Waals surface area contributed by atoms with Gasteiger partial charge in [0.05, 0.1) is 32.4 Å². The maximum atomic E-state index is 12.1. The lowest BCUT2D eigenvalue weighted by atomic mass is 10.3. The predicted molar refractivity (Wildman–Crippen MR) is 207 cm³/mol. The van der Waals surface area contributed by atoms with E-state index in [1.165, 1.54) is 52.2 Å². The van der Waals surface area contributed by atoms with Crippen molar-refractivity contribution in [2.75, 3.05) is 0 Å². The number of nitrogens with two attached hydrogens (primary N) is 2. The fraction of sp³-hybridized carbons (Fsp3) is 0.125. The number of carbonyl (C=O) groups is 3. The van der Waals surface area contributed by atoms with E-state index in [0.717, 1.165) is 23.9 Å². The smallest absolute Gasteiger partial charge is 0.353 e. The molecule has 0 aromatic carbocycles. The van der Waals surface area contributed by atoms with Crippen LogP contribution in [-0.4, -0.2) is 69.4 Å². The van der Waals surface area contributed by atoms with Crippen LogP contribution in [0.25, 0.3) is 5.65 Å². The molecule has 0 unspecified atom stereocenters. The quantitative estimate of drug-likeness (QED) is 0.0698. The van der Waals surface area contributed by atoms with Crippen molar-refractivity contribution in [3.63, 3.8) is 0 Å². The number of carboxylic acid groups (broad SMARTS) is 1. The second-order valence-electron chi connectivity index (χ2n) is 9.96. The van der Waals surface area contributed by atoms with Crippen molar-refractivity contribution in [1.82, 2.24) is 34.3 Å². The molecule has 7 heterocycles. The molecule has 7 rings (SSSR count). The van der Waals surface area contributed by atoms with E-state index in [0.29, 0.717) is 19.6 Å². The molecule has 7 N–H and O–H groups in total. The Balaban J connectivity index is 0.000000197. The third-order valence-corrected chi connectivity index (χ3v) is 9.63. The van der Waals surface area contributed by atoms with E-state index in [1.54, 1.807) is 22.7 Å². The first-order chi connectivity index (χ1) is 27.1. The number of aliphatic carboxylic acids is 1. The van der Waals surface area contributed by atoms with Crippen molar-refractivity contribution >= 4 is 86.8 Å². The van der Waals surface area contributed by atoms with Crippen molar-refractivity contribution in [2.45, 2.75) is 26.1 Å². The summed E-state index contributed by atoms with van der Waals surface area (Å²) in [5.41, 5.74) is 16.2. The van der Waals surface area contributed by atoms with Crippen LogP contribution in [0, 0.1) is 5.53 Å². The Morgan fingerprint density at radius 3 is 1.79 bits per heavy atom. The molecule has 0 aliphatic heterocycles. The van der Waals surface area contributed by atoms with Crippen molar-refractivity contribution in [2.24, 2.45) is 26.6 Å². The number of fused-ring (bicyclic) bond motifs is 1. The molecule has 0 bridgehead atoms. The standard InChI is InChI=1S/C10H8N6O2S.2C6H5NOS.C6H6O2S.C4H5N5O/c11-8(17)7-9-13-14-16(4-6-2-1-3-19-6)10(18)15(9)5-12-7;2*8-5-7-4-6-2-1-3-9-6;7-6(8)4-5-2-1-3-9-5;5-3(10)2-4(9-6)8-1-7-2/h1-3,5H,4H2,(H2,11,17);2*1-3H,4H2;1-3H,4H2,(H,7,8);1,6H,(H2,5,10)(H,7,8). The highest BCUT2D eigenvalue weighted by Gasteiger charge is 2.15. The Bertz CT molecular complexity index is 2330. The van der Waals surface area contributed by atoms with Crippen LogP contribution in [-0.2, 0) is 40.4 Å². The molecule has 2 amide bonds. The summed E-state index contributed by atoms with van der Waals surface area (Å²) in [6.45, 7) is 1.27. The van der Waals surface area contributed by atoms with Crippen molar-refractivity contribution < 1.29 is 29.1 Å².